The lowest BCUT2D eigenvalue weighted by atomic mass is 10.0. The van der Waals surface area contributed by atoms with Gasteiger partial charge in [-0.3, -0.25) is 4.79 Å². The van der Waals surface area contributed by atoms with E-state index in [0.29, 0.717) is 23.8 Å². The number of amides is 1. The van der Waals surface area contributed by atoms with E-state index >= 15 is 0 Å². The minimum absolute atomic E-state index is 0.119. The molecule has 4 rings (SSSR count). The van der Waals surface area contributed by atoms with Gasteiger partial charge in [0.25, 0.3) is 0 Å². The highest BCUT2D eigenvalue weighted by atomic mass is 19.1. The largest absolute Gasteiger partial charge is 0.384 e. The fourth-order valence-electron chi connectivity index (χ4n) is 2.94. The van der Waals surface area contributed by atoms with Crippen molar-refractivity contribution in [3.63, 3.8) is 0 Å². The minimum atomic E-state index is -0.318. The van der Waals surface area contributed by atoms with Gasteiger partial charge in [0.15, 0.2) is 5.84 Å². The van der Waals surface area contributed by atoms with Gasteiger partial charge in [-0.15, -0.1) is 0 Å². The average Bonchev–Trinajstić information content (AvgIpc) is 3.10. The first-order valence-corrected chi connectivity index (χ1v) is 8.45. The fraction of sp³-hybridized carbons (Fsp3) is 0.158. The monoisotopic (exact) mass is 364 g/mol. The second-order valence-electron chi connectivity index (χ2n) is 6.42. The minimum Gasteiger partial charge on any atom is -0.384 e. The van der Waals surface area contributed by atoms with Gasteiger partial charge >= 0.3 is 0 Å². The first-order valence-electron chi connectivity index (χ1n) is 8.45. The third-order valence-electron chi connectivity index (χ3n) is 4.42. The number of nitrogen functional groups attached to an aromatic ring is 1. The van der Waals surface area contributed by atoms with Crippen molar-refractivity contribution in [3.05, 3.63) is 54.6 Å². The number of anilines is 1. The lowest BCUT2D eigenvalue weighted by Crippen LogP contribution is -2.35. The maximum absolute atomic E-state index is 13.3. The zero-order valence-electron chi connectivity index (χ0n) is 14.6. The molecule has 7 nitrogen and oxygen atoms in total. The van der Waals surface area contributed by atoms with Crippen molar-refractivity contribution in [1.82, 2.24) is 20.2 Å². The van der Waals surface area contributed by atoms with Crippen LogP contribution in [0.15, 0.2) is 53.9 Å². The topological polar surface area (TPSA) is 98.2 Å². The van der Waals surface area contributed by atoms with Crippen LogP contribution in [0.3, 0.4) is 0 Å². The highest BCUT2D eigenvalue weighted by molar-refractivity contribution is 5.94. The Bertz CT molecular complexity index is 1040. The van der Waals surface area contributed by atoms with Gasteiger partial charge in [0.2, 0.25) is 5.91 Å². The van der Waals surface area contributed by atoms with Gasteiger partial charge in [-0.05, 0) is 42.0 Å². The van der Waals surface area contributed by atoms with Gasteiger partial charge in [0.1, 0.15) is 17.3 Å². The van der Waals surface area contributed by atoms with Gasteiger partial charge in [-0.25, -0.2) is 19.5 Å². The maximum Gasteiger partial charge on any atom is 0.243 e. The summed E-state index contributed by atoms with van der Waals surface area (Å²) in [6, 6.07) is 9.70. The van der Waals surface area contributed by atoms with E-state index in [4.69, 9.17) is 5.73 Å². The van der Waals surface area contributed by atoms with Crippen molar-refractivity contribution < 1.29 is 9.18 Å². The van der Waals surface area contributed by atoms with Crippen LogP contribution in [-0.4, -0.2) is 26.5 Å². The third kappa shape index (κ3) is 3.29. The van der Waals surface area contributed by atoms with Gasteiger partial charge in [-0.2, -0.15) is 10.2 Å². The molecule has 1 unspecified atom stereocenters. The number of nitrogens with one attached hydrogen (secondary N) is 1. The third-order valence-corrected chi connectivity index (χ3v) is 4.42. The maximum atomic E-state index is 13.3. The summed E-state index contributed by atoms with van der Waals surface area (Å²) in [5, 5.41) is 8.78. The Balaban J connectivity index is 1.85. The molecule has 3 aromatic rings. The smallest absolute Gasteiger partial charge is 0.243 e. The lowest BCUT2D eigenvalue weighted by molar-refractivity contribution is -0.124. The molecule has 0 spiro atoms. The second-order valence-corrected chi connectivity index (χ2v) is 6.42. The Morgan fingerprint density at radius 2 is 2.00 bits per heavy atom. The molecule has 0 radical (unpaired) electrons. The first kappa shape index (κ1) is 16.9. The molecule has 1 atom stereocenters. The van der Waals surface area contributed by atoms with Crippen LogP contribution in [0, 0.1) is 11.7 Å². The van der Waals surface area contributed by atoms with Crippen LogP contribution in [0.1, 0.15) is 13.3 Å². The van der Waals surface area contributed by atoms with Gasteiger partial charge in [-0.1, -0.05) is 6.92 Å². The quantitative estimate of drug-likeness (QED) is 0.730. The van der Waals surface area contributed by atoms with E-state index in [1.165, 1.54) is 12.1 Å². The Labute approximate surface area is 154 Å². The average molecular weight is 364 g/mol. The molecule has 1 aliphatic heterocycles. The number of benzene rings is 1. The molecule has 0 aliphatic carbocycles. The predicted octanol–water partition coefficient (Wildman–Crippen LogP) is 2.65. The summed E-state index contributed by atoms with van der Waals surface area (Å²) in [7, 11) is 0. The normalized spacial score (nSPS) is 16.7. The molecule has 3 N–H and O–H groups in total. The molecule has 0 saturated heterocycles. The molecule has 1 aromatic carbocycles. The van der Waals surface area contributed by atoms with E-state index in [2.05, 4.69) is 20.6 Å². The fourth-order valence-corrected chi connectivity index (χ4v) is 2.94. The molecule has 3 heterocycles. The summed E-state index contributed by atoms with van der Waals surface area (Å²) in [4.78, 5) is 15.7. The van der Waals surface area contributed by atoms with Crippen LogP contribution in [-0.2, 0) is 4.79 Å². The van der Waals surface area contributed by atoms with E-state index in [9.17, 15) is 9.18 Å². The van der Waals surface area contributed by atoms with Crippen LogP contribution in [0.2, 0.25) is 0 Å². The summed E-state index contributed by atoms with van der Waals surface area (Å²) < 4.78 is 15.0. The molecule has 1 aliphatic rings. The summed E-state index contributed by atoms with van der Waals surface area (Å²) in [6.45, 7) is 1.83. The van der Waals surface area contributed by atoms with Crippen molar-refractivity contribution in [2.45, 2.75) is 13.3 Å². The number of halogens is 1. The Morgan fingerprint density at radius 3 is 2.70 bits per heavy atom. The number of nitrogens with two attached hydrogens (primary N) is 1. The summed E-state index contributed by atoms with van der Waals surface area (Å²) in [6.07, 6.45) is 3.92. The van der Waals surface area contributed by atoms with Crippen LogP contribution >= 0.6 is 0 Å². The molecular formula is C19H17FN6O. The summed E-state index contributed by atoms with van der Waals surface area (Å²) >= 11 is 0. The van der Waals surface area contributed by atoms with E-state index in [1.807, 2.05) is 19.2 Å². The summed E-state index contributed by atoms with van der Waals surface area (Å²) in [5.74, 6) is 0.379. The van der Waals surface area contributed by atoms with Crippen LogP contribution in [0.4, 0.5) is 10.2 Å². The number of pyridine rings is 1. The zero-order valence-corrected chi connectivity index (χ0v) is 14.6. The molecule has 1 amide bonds. The lowest BCUT2D eigenvalue weighted by Gasteiger charge is -2.17. The molecular weight excluding hydrogens is 347 g/mol. The number of hydrazone groups is 1. The van der Waals surface area contributed by atoms with Crippen molar-refractivity contribution in [1.29, 1.82) is 0 Å². The molecule has 8 heteroatoms. The van der Waals surface area contributed by atoms with Gasteiger partial charge in [0.05, 0.1) is 0 Å². The van der Waals surface area contributed by atoms with Crippen LogP contribution in [0.25, 0.3) is 22.4 Å². The van der Waals surface area contributed by atoms with Crippen LogP contribution in [0.5, 0.6) is 0 Å². The summed E-state index contributed by atoms with van der Waals surface area (Å²) in [5.41, 5.74) is 11.4. The number of nitrogens with zero attached hydrogens (tertiary/aromatic N) is 4. The first-order chi connectivity index (χ1) is 13.0. The zero-order chi connectivity index (χ0) is 19.0. The van der Waals surface area contributed by atoms with E-state index in [0.717, 1.165) is 16.7 Å². The second kappa shape index (κ2) is 6.64. The predicted molar refractivity (Wildman–Crippen MR) is 100 cm³/mol. The number of aromatic nitrogens is 3. The molecule has 0 fully saturated rings. The molecule has 2 aromatic heterocycles. The van der Waals surface area contributed by atoms with Crippen molar-refractivity contribution in [2.75, 3.05) is 5.73 Å². The Hall–Kier alpha value is -3.55. The molecule has 27 heavy (non-hydrogen) atoms. The number of rotatable bonds is 2. The number of carbonyl (C=O) groups excluding carboxylic acids is 1. The Morgan fingerprint density at radius 1 is 1.22 bits per heavy atom. The van der Waals surface area contributed by atoms with Crippen molar-refractivity contribution in [3.8, 4) is 22.4 Å². The standard InChI is InChI=1S/C19H17FN6O/c1-11-8-17(23-24-19(11)27)26-10-15(13-6-7-22-16(21)9-13)18(25-26)12-2-4-14(20)5-3-12/h2-7,9-11H,8H2,1H3,(H2,21,22)(H,24,27). The van der Waals surface area contributed by atoms with Crippen molar-refractivity contribution >= 4 is 17.6 Å². The number of hydrogen-bond acceptors (Lipinski definition) is 5. The Kier molecular flexibility index (Phi) is 4.15. The molecule has 136 valence electrons. The van der Waals surface area contributed by atoms with Gasteiger partial charge in [0, 0.05) is 35.9 Å². The highest BCUT2D eigenvalue weighted by Crippen LogP contribution is 2.32. The van der Waals surface area contributed by atoms with E-state index in [1.54, 1.807) is 29.1 Å². The van der Waals surface area contributed by atoms with Crippen molar-refractivity contribution in [2.24, 2.45) is 11.0 Å². The number of carbonyl (C=O) groups is 1. The van der Waals surface area contributed by atoms with E-state index < -0.39 is 0 Å². The molecule has 0 saturated carbocycles. The highest BCUT2D eigenvalue weighted by Gasteiger charge is 2.24. The number of hydrogen-bond donors (Lipinski definition) is 2. The van der Waals surface area contributed by atoms with Crippen LogP contribution < -0.4 is 11.2 Å². The van der Waals surface area contributed by atoms with Gasteiger partial charge < -0.3 is 5.73 Å². The SMILES string of the molecule is CC1CC(n2cc(-c3ccnc(N)c3)c(-c3ccc(F)cc3)n2)=NNC1=O. The van der Waals surface area contributed by atoms with E-state index in [-0.39, 0.29) is 17.6 Å². The molecule has 0 bridgehead atoms.